The van der Waals surface area contributed by atoms with E-state index in [9.17, 15) is 0 Å². The molecule has 0 spiro atoms. The van der Waals surface area contributed by atoms with Crippen molar-refractivity contribution in [2.45, 2.75) is 27.0 Å². The van der Waals surface area contributed by atoms with Crippen molar-refractivity contribution in [3.63, 3.8) is 0 Å². The lowest BCUT2D eigenvalue weighted by atomic mass is 10.1. The van der Waals surface area contributed by atoms with Crippen molar-refractivity contribution in [2.75, 3.05) is 12.4 Å². The van der Waals surface area contributed by atoms with E-state index in [0.29, 0.717) is 29.7 Å². The van der Waals surface area contributed by atoms with Crippen LogP contribution in [0.25, 0.3) is 0 Å². The Morgan fingerprint density at radius 1 is 0.964 bits per heavy atom. The highest BCUT2D eigenvalue weighted by molar-refractivity contribution is 9.10. The highest BCUT2D eigenvalue weighted by Gasteiger charge is 2.13. The number of benzene rings is 3. The maximum Gasteiger partial charge on any atom is 0.180 e. The van der Waals surface area contributed by atoms with Crippen LogP contribution in [0.3, 0.4) is 0 Å². The highest BCUT2D eigenvalue weighted by atomic mass is 79.9. The molecular weight excluding hydrogens is 438 g/mol. The summed E-state index contributed by atoms with van der Waals surface area (Å²) in [5, 5.41) is 3.99. The molecule has 3 nitrogen and oxygen atoms in total. The van der Waals surface area contributed by atoms with Gasteiger partial charge in [0.05, 0.1) is 12.1 Å². The molecule has 0 amide bonds. The van der Waals surface area contributed by atoms with Gasteiger partial charge in [-0.3, -0.25) is 0 Å². The number of anilines is 1. The molecule has 3 rings (SSSR count). The van der Waals surface area contributed by atoms with Crippen LogP contribution in [-0.2, 0) is 13.2 Å². The van der Waals surface area contributed by atoms with Gasteiger partial charge in [0.1, 0.15) is 6.61 Å². The van der Waals surface area contributed by atoms with Crippen molar-refractivity contribution in [1.29, 1.82) is 0 Å². The molecule has 0 fully saturated rings. The second kappa shape index (κ2) is 9.35. The minimum atomic E-state index is 0.420. The van der Waals surface area contributed by atoms with E-state index in [0.717, 1.165) is 21.3 Å². The first-order valence-electron chi connectivity index (χ1n) is 9.01. The largest absolute Gasteiger partial charge is 0.493 e. The topological polar surface area (TPSA) is 30.5 Å². The predicted molar refractivity (Wildman–Crippen MR) is 120 cm³/mol. The zero-order valence-electron chi connectivity index (χ0n) is 16.2. The van der Waals surface area contributed by atoms with Gasteiger partial charge < -0.3 is 14.8 Å². The van der Waals surface area contributed by atoms with E-state index in [4.69, 9.17) is 21.1 Å². The van der Waals surface area contributed by atoms with E-state index in [1.54, 1.807) is 7.11 Å². The van der Waals surface area contributed by atoms with Gasteiger partial charge in [-0.15, -0.1) is 0 Å². The molecule has 0 bridgehead atoms. The predicted octanol–water partition coefficient (Wildman–Crippen LogP) is 6.92. The summed E-state index contributed by atoms with van der Waals surface area (Å²) in [6, 6.07) is 18.2. The molecule has 146 valence electrons. The molecule has 0 aliphatic heterocycles. The first-order valence-corrected chi connectivity index (χ1v) is 10.2. The molecular formula is C23H23BrClNO2. The van der Waals surface area contributed by atoms with Crippen molar-refractivity contribution in [1.82, 2.24) is 0 Å². The summed E-state index contributed by atoms with van der Waals surface area (Å²) in [5.41, 5.74) is 5.66. The molecule has 0 unspecified atom stereocenters. The average Bonchev–Trinajstić information content (AvgIpc) is 2.67. The first-order chi connectivity index (χ1) is 13.5. The fourth-order valence-electron chi connectivity index (χ4n) is 2.96. The standard InChI is InChI=1S/C23H23BrClNO2/c1-15-4-9-21(16(2)10-15)26-13-18-11-20(25)23(22(12-18)27-3)28-14-17-5-7-19(24)8-6-17/h4-12,26H,13-14H2,1-3H3. The number of hydrogen-bond donors (Lipinski definition) is 1. The third-order valence-corrected chi connectivity index (χ3v) is 5.26. The van der Waals surface area contributed by atoms with E-state index in [1.165, 1.54) is 11.1 Å². The van der Waals surface area contributed by atoms with Gasteiger partial charge >= 0.3 is 0 Å². The van der Waals surface area contributed by atoms with Crippen molar-refractivity contribution in [3.8, 4) is 11.5 Å². The highest BCUT2D eigenvalue weighted by Crippen LogP contribution is 2.37. The van der Waals surface area contributed by atoms with Crippen LogP contribution in [0.4, 0.5) is 5.69 Å². The molecule has 0 atom stereocenters. The Balaban J connectivity index is 1.72. The monoisotopic (exact) mass is 459 g/mol. The van der Waals surface area contributed by atoms with Crippen molar-refractivity contribution < 1.29 is 9.47 Å². The van der Waals surface area contributed by atoms with E-state index < -0.39 is 0 Å². The second-order valence-corrected chi connectivity index (χ2v) is 8.02. The smallest absolute Gasteiger partial charge is 0.180 e. The lowest BCUT2D eigenvalue weighted by Gasteiger charge is -2.16. The Kier molecular flexibility index (Phi) is 6.87. The van der Waals surface area contributed by atoms with Gasteiger partial charge in [0, 0.05) is 16.7 Å². The van der Waals surface area contributed by atoms with Crippen LogP contribution in [0.5, 0.6) is 11.5 Å². The number of rotatable bonds is 7. The van der Waals surface area contributed by atoms with Crippen LogP contribution in [0, 0.1) is 13.8 Å². The van der Waals surface area contributed by atoms with E-state index in [-0.39, 0.29) is 0 Å². The Bertz CT molecular complexity index is 958. The number of methoxy groups -OCH3 is 1. The molecule has 3 aromatic carbocycles. The van der Waals surface area contributed by atoms with Crippen LogP contribution in [0.1, 0.15) is 22.3 Å². The molecule has 0 aliphatic rings. The SMILES string of the molecule is COc1cc(CNc2ccc(C)cc2C)cc(Cl)c1OCc1ccc(Br)cc1. The Labute approximate surface area is 179 Å². The third-order valence-electron chi connectivity index (χ3n) is 4.45. The first kappa shape index (κ1) is 20.6. The summed E-state index contributed by atoms with van der Waals surface area (Å²) >= 11 is 9.93. The average molecular weight is 461 g/mol. The molecule has 3 aromatic rings. The fourth-order valence-corrected chi connectivity index (χ4v) is 3.51. The van der Waals surface area contributed by atoms with Crippen molar-refractivity contribution in [3.05, 3.63) is 86.3 Å². The van der Waals surface area contributed by atoms with Crippen LogP contribution >= 0.6 is 27.5 Å². The van der Waals surface area contributed by atoms with Gasteiger partial charge in [-0.05, 0) is 60.9 Å². The molecule has 28 heavy (non-hydrogen) atoms. The molecule has 0 aromatic heterocycles. The number of ether oxygens (including phenoxy) is 2. The van der Waals surface area contributed by atoms with Gasteiger partial charge in [-0.25, -0.2) is 0 Å². The minimum absolute atomic E-state index is 0.420. The van der Waals surface area contributed by atoms with Crippen LogP contribution < -0.4 is 14.8 Å². The number of aryl methyl sites for hydroxylation is 2. The Morgan fingerprint density at radius 3 is 2.39 bits per heavy atom. The van der Waals surface area contributed by atoms with Crippen LogP contribution in [0.2, 0.25) is 5.02 Å². The van der Waals surface area contributed by atoms with Gasteiger partial charge in [0.25, 0.3) is 0 Å². The maximum absolute atomic E-state index is 6.50. The molecule has 0 heterocycles. The summed E-state index contributed by atoms with van der Waals surface area (Å²) in [6.07, 6.45) is 0. The van der Waals surface area contributed by atoms with Crippen molar-refractivity contribution in [2.24, 2.45) is 0 Å². The Morgan fingerprint density at radius 2 is 1.71 bits per heavy atom. The van der Waals surface area contributed by atoms with Gasteiger partial charge in [-0.2, -0.15) is 0 Å². The normalized spacial score (nSPS) is 10.6. The second-order valence-electron chi connectivity index (χ2n) is 6.70. The van der Waals surface area contributed by atoms with E-state index in [2.05, 4.69) is 53.3 Å². The van der Waals surface area contributed by atoms with Gasteiger partial charge in [0.15, 0.2) is 11.5 Å². The summed E-state index contributed by atoms with van der Waals surface area (Å²) in [5.74, 6) is 1.18. The molecule has 0 aliphatic carbocycles. The number of nitrogens with one attached hydrogen (secondary N) is 1. The van der Waals surface area contributed by atoms with E-state index >= 15 is 0 Å². The fraction of sp³-hybridized carbons (Fsp3) is 0.217. The molecule has 5 heteroatoms. The van der Waals surface area contributed by atoms with Crippen LogP contribution in [-0.4, -0.2) is 7.11 Å². The van der Waals surface area contributed by atoms with Crippen molar-refractivity contribution >= 4 is 33.2 Å². The lowest BCUT2D eigenvalue weighted by molar-refractivity contribution is 0.284. The quantitative estimate of drug-likeness (QED) is 0.415. The molecule has 0 saturated heterocycles. The summed E-state index contributed by atoms with van der Waals surface area (Å²) in [4.78, 5) is 0. The Hall–Kier alpha value is -2.17. The third kappa shape index (κ3) is 5.21. The number of hydrogen-bond acceptors (Lipinski definition) is 3. The summed E-state index contributed by atoms with van der Waals surface area (Å²) in [6.45, 7) is 5.26. The van der Waals surface area contributed by atoms with E-state index in [1.807, 2.05) is 36.4 Å². The zero-order chi connectivity index (χ0) is 20.1. The van der Waals surface area contributed by atoms with Gasteiger partial charge in [-0.1, -0.05) is 57.4 Å². The van der Waals surface area contributed by atoms with Gasteiger partial charge in [0.2, 0.25) is 0 Å². The lowest BCUT2D eigenvalue weighted by Crippen LogP contribution is -2.03. The van der Waals surface area contributed by atoms with Crippen LogP contribution in [0.15, 0.2) is 59.1 Å². The zero-order valence-corrected chi connectivity index (χ0v) is 18.5. The molecule has 0 radical (unpaired) electrons. The maximum atomic E-state index is 6.50. The number of halogens is 2. The molecule has 1 N–H and O–H groups in total. The summed E-state index contributed by atoms with van der Waals surface area (Å²) in [7, 11) is 1.62. The summed E-state index contributed by atoms with van der Waals surface area (Å²) < 4.78 is 12.5. The molecule has 0 saturated carbocycles. The minimum Gasteiger partial charge on any atom is -0.493 e.